The molecule has 5 heteroatoms. The predicted octanol–water partition coefficient (Wildman–Crippen LogP) is 3.17. The average molecular weight is 310 g/mol. The maximum Gasteiger partial charge on any atom is 0.242 e. The summed E-state index contributed by atoms with van der Waals surface area (Å²) in [4.78, 5) is 0.336. The fourth-order valence-corrected chi connectivity index (χ4v) is 3.99. The Bertz CT molecular complexity index is 556. The summed E-state index contributed by atoms with van der Waals surface area (Å²) >= 11 is 0. The van der Waals surface area contributed by atoms with E-state index in [2.05, 4.69) is 19.2 Å². The topological polar surface area (TPSA) is 49.4 Å². The van der Waals surface area contributed by atoms with Crippen molar-refractivity contribution in [3.8, 4) is 0 Å². The van der Waals surface area contributed by atoms with E-state index < -0.39 is 10.0 Å². The molecule has 1 aromatic carbocycles. The zero-order valence-corrected chi connectivity index (χ0v) is 14.2. The number of nitrogens with zero attached hydrogens (tertiary/aromatic N) is 1. The zero-order valence-electron chi connectivity index (χ0n) is 13.3. The summed E-state index contributed by atoms with van der Waals surface area (Å²) in [5.41, 5.74) is 0.998. The number of hydrogen-bond acceptors (Lipinski definition) is 3. The number of sulfonamides is 1. The first-order valence-electron chi connectivity index (χ1n) is 7.61. The van der Waals surface area contributed by atoms with Gasteiger partial charge >= 0.3 is 0 Å². The summed E-state index contributed by atoms with van der Waals surface area (Å²) in [5, 5.41) is 3.58. The van der Waals surface area contributed by atoms with Crippen molar-refractivity contribution < 1.29 is 8.42 Å². The molecule has 0 aromatic heterocycles. The van der Waals surface area contributed by atoms with Crippen LogP contribution in [0.1, 0.15) is 33.1 Å². The van der Waals surface area contributed by atoms with Gasteiger partial charge in [0.05, 0.1) is 4.90 Å². The zero-order chi connectivity index (χ0) is 15.6. The van der Waals surface area contributed by atoms with Gasteiger partial charge in [0.25, 0.3) is 0 Å². The molecule has 0 saturated heterocycles. The van der Waals surface area contributed by atoms with E-state index in [0.29, 0.717) is 22.8 Å². The van der Waals surface area contributed by atoms with Gasteiger partial charge in [-0.25, -0.2) is 12.7 Å². The van der Waals surface area contributed by atoms with Crippen LogP contribution in [0.2, 0.25) is 0 Å². The molecule has 1 aliphatic carbocycles. The van der Waals surface area contributed by atoms with Crippen LogP contribution in [0.3, 0.4) is 0 Å². The molecule has 2 atom stereocenters. The molecule has 0 heterocycles. The van der Waals surface area contributed by atoms with E-state index in [0.717, 1.165) is 5.69 Å². The Labute approximate surface area is 128 Å². The first-order chi connectivity index (χ1) is 9.82. The third-order valence-electron chi connectivity index (χ3n) is 4.51. The minimum Gasteiger partial charge on any atom is -0.382 e. The highest BCUT2D eigenvalue weighted by atomic mass is 32.2. The summed E-state index contributed by atoms with van der Waals surface area (Å²) in [6, 6.07) is 7.55. The third-order valence-corrected chi connectivity index (χ3v) is 6.34. The van der Waals surface area contributed by atoms with Crippen molar-refractivity contribution in [1.29, 1.82) is 0 Å². The van der Waals surface area contributed by atoms with E-state index in [9.17, 15) is 8.42 Å². The lowest BCUT2D eigenvalue weighted by molar-refractivity contribution is 0.268. The van der Waals surface area contributed by atoms with E-state index in [1.807, 2.05) is 12.1 Å². The Morgan fingerprint density at radius 3 is 2.05 bits per heavy atom. The highest BCUT2D eigenvalue weighted by Gasteiger charge is 2.27. The third kappa shape index (κ3) is 3.58. The van der Waals surface area contributed by atoms with Crippen LogP contribution < -0.4 is 5.32 Å². The lowest BCUT2D eigenvalue weighted by Gasteiger charge is -2.36. The van der Waals surface area contributed by atoms with Gasteiger partial charge < -0.3 is 5.32 Å². The maximum atomic E-state index is 12.0. The van der Waals surface area contributed by atoms with Gasteiger partial charge in [-0.05, 0) is 48.9 Å². The molecule has 118 valence electrons. The summed E-state index contributed by atoms with van der Waals surface area (Å²) in [5.74, 6) is 1.30. The molecule has 1 fully saturated rings. The average Bonchev–Trinajstić information content (AvgIpc) is 2.43. The normalized spacial score (nSPS) is 26.8. The maximum absolute atomic E-state index is 12.0. The molecule has 4 nitrogen and oxygen atoms in total. The number of benzene rings is 1. The highest BCUT2D eigenvalue weighted by Crippen LogP contribution is 2.31. The Kier molecular flexibility index (Phi) is 4.94. The van der Waals surface area contributed by atoms with Gasteiger partial charge in [0, 0.05) is 25.8 Å². The van der Waals surface area contributed by atoms with E-state index in [1.165, 1.54) is 23.6 Å². The van der Waals surface area contributed by atoms with Crippen LogP contribution in [0.5, 0.6) is 0 Å². The van der Waals surface area contributed by atoms with Crippen LogP contribution in [0.4, 0.5) is 5.69 Å². The number of hydrogen-bond donors (Lipinski definition) is 1. The first-order valence-corrected chi connectivity index (χ1v) is 9.05. The van der Waals surface area contributed by atoms with Gasteiger partial charge in [0.2, 0.25) is 10.0 Å². The lowest BCUT2D eigenvalue weighted by Crippen LogP contribution is -2.37. The molecule has 0 amide bonds. The van der Waals surface area contributed by atoms with Crippen molar-refractivity contribution in [2.75, 3.05) is 19.4 Å². The highest BCUT2D eigenvalue weighted by molar-refractivity contribution is 7.89. The van der Waals surface area contributed by atoms with Crippen LogP contribution >= 0.6 is 0 Å². The van der Waals surface area contributed by atoms with Crippen molar-refractivity contribution in [2.24, 2.45) is 11.8 Å². The van der Waals surface area contributed by atoms with Gasteiger partial charge in [0.15, 0.2) is 0 Å². The molecular weight excluding hydrogens is 284 g/mol. The van der Waals surface area contributed by atoms with Crippen LogP contribution in [0, 0.1) is 11.8 Å². The molecule has 1 aromatic rings. The van der Waals surface area contributed by atoms with Crippen LogP contribution in [0.25, 0.3) is 0 Å². The molecular formula is C16H26N2O2S. The molecule has 21 heavy (non-hydrogen) atoms. The van der Waals surface area contributed by atoms with Gasteiger partial charge in [-0.3, -0.25) is 0 Å². The summed E-state index contributed by atoms with van der Waals surface area (Å²) in [7, 11) is -0.246. The molecule has 0 spiro atoms. The Morgan fingerprint density at radius 1 is 1.05 bits per heavy atom. The van der Waals surface area contributed by atoms with E-state index >= 15 is 0 Å². The Balaban J connectivity index is 2.13. The van der Waals surface area contributed by atoms with E-state index in [1.54, 1.807) is 26.2 Å². The summed E-state index contributed by atoms with van der Waals surface area (Å²) in [6.45, 7) is 4.58. The van der Waals surface area contributed by atoms with Crippen LogP contribution in [-0.2, 0) is 10.0 Å². The van der Waals surface area contributed by atoms with Gasteiger partial charge in [-0.2, -0.15) is 0 Å². The van der Waals surface area contributed by atoms with Crippen molar-refractivity contribution in [3.05, 3.63) is 24.3 Å². The Hall–Kier alpha value is -1.07. The molecule has 1 aliphatic rings. The number of rotatable bonds is 4. The molecule has 0 aliphatic heterocycles. The largest absolute Gasteiger partial charge is 0.382 e. The van der Waals surface area contributed by atoms with Crippen molar-refractivity contribution in [1.82, 2.24) is 4.31 Å². The minimum absolute atomic E-state index is 0.336. The SMILES string of the molecule is CC1CCCC(C)C1Nc1ccc(S(=O)(=O)N(C)C)cc1. The van der Waals surface area contributed by atoms with Crippen molar-refractivity contribution in [2.45, 2.75) is 44.0 Å². The van der Waals surface area contributed by atoms with Crippen molar-refractivity contribution in [3.63, 3.8) is 0 Å². The van der Waals surface area contributed by atoms with Gasteiger partial charge in [-0.15, -0.1) is 0 Å². The molecule has 1 N–H and O–H groups in total. The second-order valence-corrected chi connectivity index (χ2v) is 8.52. The second kappa shape index (κ2) is 6.36. The quantitative estimate of drug-likeness (QED) is 0.929. The minimum atomic E-state index is -3.34. The second-order valence-electron chi connectivity index (χ2n) is 6.37. The predicted molar refractivity (Wildman–Crippen MR) is 86.9 cm³/mol. The van der Waals surface area contributed by atoms with Crippen molar-refractivity contribution >= 4 is 15.7 Å². The fourth-order valence-electron chi connectivity index (χ4n) is 3.09. The lowest BCUT2D eigenvalue weighted by atomic mass is 9.78. The number of nitrogens with one attached hydrogen (secondary N) is 1. The summed E-state index contributed by atoms with van der Waals surface area (Å²) in [6.07, 6.45) is 3.82. The smallest absolute Gasteiger partial charge is 0.242 e. The molecule has 0 radical (unpaired) electrons. The van der Waals surface area contributed by atoms with Gasteiger partial charge in [-0.1, -0.05) is 20.3 Å². The fraction of sp³-hybridized carbons (Fsp3) is 0.625. The standard InChI is InChI=1S/C16H26N2O2S/c1-12-6-5-7-13(2)16(12)17-14-8-10-15(11-9-14)21(19,20)18(3)4/h8-13,16-17H,5-7H2,1-4H3. The molecule has 0 bridgehead atoms. The molecule has 2 rings (SSSR count). The summed E-state index contributed by atoms with van der Waals surface area (Å²) < 4.78 is 25.3. The van der Waals surface area contributed by atoms with E-state index in [-0.39, 0.29) is 0 Å². The molecule has 2 unspecified atom stereocenters. The van der Waals surface area contributed by atoms with E-state index in [4.69, 9.17) is 0 Å². The van der Waals surface area contributed by atoms with Gasteiger partial charge in [0.1, 0.15) is 0 Å². The number of anilines is 1. The van der Waals surface area contributed by atoms with Crippen LogP contribution in [0.15, 0.2) is 29.2 Å². The first kappa shape index (κ1) is 16.3. The Morgan fingerprint density at radius 2 is 1.57 bits per heavy atom. The molecule has 1 saturated carbocycles. The van der Waals surface area contributed by atoms with Crippen LogP contribution in [-0.4, -0.2) is 32.9 Å². The monoisotopic (exact) mass is 310 g/mol.